The Kier molecular flexibility index (Phi) is 2.87. The van der Waals surface area contributed by atoms with Crippen LogP contribution in [0.4, 0.5) is 8.78 Å². The van der Waals surface area contributed by atoms with Gasteiger partial charge in [-0.1, -0.05) is 6.07 Å². The molecule has 1 saturated heterocycles. The fraction of sp³-hybridized carbons (Fsp3) is 0.364. The number of β-amino-alcohol motifs (C(OH)–C–C–N with tert-alkyl or cyclic N) is 1. The van der Waals surface area contributed by atoms with Gasteiger partial charge in [-0.05, 0) is 12.1 Å². The number of halogens is 2. The molecule has 0 radical (unpaired) electrons. The zero-order valence-electron chi connectivity index (χ0n) is 8.49. The zero-order chi connectivity index (χ0) is 11.7. The fourth-order valence-electron chi connectivity index (χ4n) is 1.62. The van der Waals surface area contributed by atoms with Crippen LogP contribution in [0, 0.1) is 11.6 Å². The topological polar surface area (TPSA) is 40.5 Å². The molecule has 1 aliphatic rings. The minimum Gasteiger partial charge on any atom is -0.389 e. The van der Waals surface area contributed by atoms with Crippen molar-refractivity contribution in [1.82, 2.24) is 4.90 Å². The van der Waals surface area contributed by atoms with Crippen LogP contribution >= 0.6 is 0 Å². The van der Waals surface area contributed by atoms with Gasteiger partial charge < -0.3 is 10.0 Å². The maximum Gasteiger partial charge on any atom is 0.227 e. The van der Waals surface area contributed by atoms with Crippen LogP contribution in [0.25, 0.3) is 0 Å². The van der Waals surface area contributed by atoms with E-state index in [-0.39, 0.29) is 31.0 Å². The van der Waals surface area contributed by atoms with Gasteiger partial charge in [-0.25, -0.2) is 8.78 Å². The third-order valence-electron chi connectivity index (χ3n) is 2.60. The van der Waals surface area contributed by atoms with Crippen LogP contribution in [-0.2, 0) is 11.2 Å². The summed E-state index contributed by atoms with van der Waals surface area (Å²) >= 11 is 0. The molecule has 0 bridgehead atoms. The number of carbonyl (C=O) groups excluding carboxylic acids is 1. The summed E-state index contributed by atoms with van der Waals surface area (Å²) in [6, 6.07) is 3.50. The van der Waals surface area contributed by atoms with Crippen LogP contribution in [0.5, 0.6) is 0 Å². The molecular weight excluding hydrogens is 216 g/mol. The van der Waals surface area contributed by atoms with Gasteiger partial charge in [0.15, 0.2) is 0 Å². The van der Waals surface area contributed by atoms with E-state index in [1.165, 1.54) is 11.0 Å². The van der Waals surface area contributed by atoms with Gasteiger partial charge in [0, 0.05) is 18.7 Å². The first-order valence-electron chi connectivity index (χ1n) is 4.96. The Bertz CT molecular complexity index is 396. The molecule has 1 aliphatic heterocycles. The fourth-order valence-corrected chi connectivity index (χ4v) is 1.62. The number of hydrogen-bond donors (Lipinski definition) is 1. The van der Waals surface area contributed by atoms with E-state index in [2.05, 4.69) is 0 Å². The van der Waals surface area contributed by atoms with Gasteiger partial charge >= 0.3 is 0 Å². The molecule has 0 aliphatic carbocycles. The van der Waals surface area contributed by atoms with Crippen molar-refractivity contribution in [2.75, 3.05) is 13.1 Å². The monoisotopic (exact) mass is 227 g/mol. The lowest BCUT2D eigenvalue weighted by atomic mass is 10.1. The van der Waals surface area contributed by atoms with Crippen LogP contribution in [0.1, 0.15) is 5.56 Å². The van der Waals surface area contributed by atoms with Crippen molar-refractivity contribution < 1.29 is 18.7 Å². The van der Waals surface area contributed by atoms with E-state index in [0.717, 1.165) is 12.1 Å². The quantitative estimate of drug-likeness (QED) is 0.808. The van der Waals surface area contributed by atoms with E-state index >= 15 is 0 Å². The van der Waals surface area contributed by atoms with Crippen molar-refractivity contribution in [3.8, 4) is 0 Å². The predicted octanol–water partition coefficient (Wildman–Crippen LogP) is 0.710. The lowest BCUT2D eigenvalue weighted by molar-refractivity contribution is -0.140. The van der Waals surface area contributed by atoms with Gasteiger partial charge in [0.25, 0.3) is 0 Å². The first-order chi connectivity index (χ1) is 7.58. The maximum atomic E-state index is 13.2. The highest BCUT2D eigenvalue weighted by Crippen LogP contribution is 2.16. The molecule has 0 unspecified atom stereocenters. The predicted molar refractivity (Wildman–Crippen MR) is 52.6 cm³/mol. The average Bonchev–Trinajstić information content (AvgIpc) is 2.19. The van der Waals surface area contributed by atoms with E-state index in [1.807, 2.05) is 0 Å². The molecule has 86 valence electrons. The summed E-state index contributed by atoms with van der Waals surface area (Å²) in [7, 11) is 0. The highest BCUT2D eigenvalue weighted by Gasteiger charge is 2.29. The second-order valence-corrected chi connectivity index (χ2v) is 3.83. The number of benzene rings is 1. The summed E-state index contributed by atoms with van der Waals surface area (Å²) in [5.74, 6) is -1.79. The molecule has 1 N–H and O–H groups in total. The van der Waals surface area contributed by atoms with Crippen LogP contribution in [0.15, 0.2) is 18.2 Å². The summed E-state index contributed by atoms with van der Waals surface area (Å²) in [5.41, 5.74) is -0.214. The highest BCUT2D eigenvalue weighted by atomic mass is 19.1. The number of likely N-dealkylation sites (tertiary alicyclic amines) is 1. The number of aliphatic hydroxyl groups is 1. The van der Waals surface area contributed by atoms with Crippen molar-refractivity contribution in [2.45, 2.75) is 12.5 Å². The van der Waals surface area contributed by atoms with Crippen molar-refractivity contribution in [3.63, 3.8) is 0 Å². The largest absolute Gasteiger partial charge is 0.389 e. The van der Waals surface area contributed by atoms with Crippen molar-refractivity contribution in [1.29, 1.82) is 0 Å². The van der Waals surface area contributed by atoms with Gasteiger partial charge in [-0.3, -0.25) is 4.79 Å². The Morgan fingerprint density at radius 1 is 1.38 bits per heavy atom. The van der Waals surface area contributed by atoms with E-state index in [4.69, 9.17) is 5.11 Å². The van der Waals surface area contributed by atoms with Crippen molar-refractivity contribution in [2.24, 2.45) is 0 Å². The Hall–Kier alpha value is -1.49. The van der Waals surface area contributed by atoms with E-state index < -0.39 is 17.7 Å². The number of amides is 1. The molecule has 1 heterocycles. The first-order valence-corrected chi connectivity index (χ1v) is 4.96. The molecule has 1 fully saturated rings. The summed E-state index contributed by atoms with van der Waals surface area (Å²) in [6.07, 6.45) is -0.806. The Balaban J connectivity index is 2.06. The number of hydrogen-bond acceptors (Lipinski definition) is 2. The first kappa shape index (κ1) is 11.0. The van der Waals surface area contributed by atoms with Gasteiger partial charge in [0.2, 0.25) is 5.91 Å². The Morgan fingerprint density at radius 3 is 2.44 bits per heavy atom. The molecule has 16 heavy (non-hydrogen) atoms. The van der Waals surface area contributed by atoms with Gasteiger partial charge in [0.05, 0.1) is 12.5 Å². The van der Waals surface area contributed by atoms with Crippen LogP contribution < -0.4 is 0 Å². The molecule has 1 aromatic rings. The third-order valence-corrected chi connectivity index (χ3v) is 2.60. The molecule has 0 aromatic heterocycles. The third kappa shape index (κ3) is 2.04. The lowest BCUT2D eigenvalue weighted by Crippen LogP contribution is -2.54. The summed E-state index contributed by atoms with van der Waals surface area (Å²) in [4.78, 5) is 12.9. The Labute approximate surface area is 91.3 Å². The highest BCUT2D eigenvalue weighted by molar-refractivity contribution is 5.79. The minimum absolute atomic E-state index is 0.214. The average molecular weight is 227 g/mol. The molecule has 1 amide bonds. The van der Waals surface area contributed by atoms with Crippen molar-refractivity contribution in [3.05, 3.63) is 35.4 Å². The van der Waals surface area contributed by atoms with E-state index in [1.54, 1.807) is 0 Å². The molecule has 1 aromatic carbocycles. The summed E-state index contributed by atoms with van der Waals surface area (Å²) in [6.45, 7) is 0.490. The number of rotatable bonds is 2. The van der Waals surface area contributed by atoms with E-state index in [0.29, 0.717) is 0 Å². The molecular formula is C11H11F2NO2. The normalized spacial score (nSPS) is 16.1. The zero-order valence-corrected chi connectivity index (χ0v) is 8.49. The summed E-state index contributed by atoms with van der Waals surface area (Å²) < 4.78 is 26.4. The molecule has 0 saturated carbocycles. The molecule has 0 atom stereocenters. The second-order valence-electron chi connectivity index (χ2n) is 3.83. The SMILES string of the molecule is O=C(Cc1c(F)cccc1F)N1CC(O)C1. The van der Waals surface area contributed by atoms with Crippen LogP contribution in [-0.4, -0.2) is 35.1 Å². The van der Waals surface area contributed by atoms with Crippen LogP contribution in [0.2, 0.25) is 0 Å². The second kappa shape index (κ2) is 4.17. The number of aliphatic hydroxyl groups excluding tert-OH is 1. The summed E-state index contributed by atoms with van der Waals surface area (Å²) in [5, 5.41) is 9.00. The lowest BCUT2D eigenvalue weighted by Gasteiger charge is -2.35. The molecule has 3 nitrogen and oxygen atoms in total. The van der Waals surface area contributed by atoms with Crippen LogP contribution in [0.3, 0.4) is 0 Å². The standard InChI is InChI=1S/C11H11F2NO2/c12-9-2-1-3-10(13)8(9)4-11(16)14-5-7(15)6-14/h1-3,7,15H,4-6H2. The van der Waals surface area contributed by atoms with Crippen molar-refractivity contribution >= 4 is 5.91 Å². The Morgan fingerprint density at radius 2 is 1.94 bits per heavy atom. The van der Waals surface area contributed by atoms with Gasteiger partial charge in [-0.2, -0.15) is 0 Å². The minimum atomic E-state index is -0.713. The molecule has 0 spiro atoms. The van der Waals surface area contributed by atoms with Gasteiger partial charge in [-0.15, -0.1) is 0 Å². The van der Waals surface area contributed by atoms with Gasteiger partial charge in [0.1, 0.15) is 11.6 Å². The van der Waals surface area contributed by atoms with E-state index in [9.17, 15) is 13.6 Å². The number of carbonyl (C=O) groups is 1. The molecule has 2 rings (SSSR count). The smallest absolute Gasteiger partial charge is 0.227 e. The maximum absolute atomic E-state index is 13.2. The number of nitrogens with zero attached hydrogens (tertiary/aromatic N) is 1. The molecule has 5 heteroatoms.